The Hall–Kier alpha value is -2.45. The maximum Gasteiger partial charge on any atom is 0.247 e. The first kappa shape index (κ1) is 26.2. The van der Waals surface area contributed by atoms with Gasteiger partial charge in [-0.15, -0.1) is 0 Å². The Kier molecular flexibility index (Phi) is 9.47. The van der Waals surface area contributed by atoms with Gasteiger partial charge in [0.05, 0.1) is 18.8 Å². The summed E-state index contributed by atoms with van der Waals surface area (Å²) < 4.78 is 5.78. The van der Waals surface area contributed by atoms with Crippen LogP contribution in [0.15, 0.2) is 30.3 Å². The Bertz CT molecular complexity index is 810. The second kappa shape index (κ2) is 12.3. The van der Waals surface area contributed by atoms with Crippen LogP contribution in [0, 0.1) is 5.92 Å². The zero-order valence-corrected chi connectivity index (χ0v) is 20.6. The Morgan fingerprint density at radius 1 is 1.06 bits per heavy atom. The van der Waals surface area contributed by atoms with Gasteiger partial charge in [-0.1, -0.05) is 49.6 Å². The molecule has 8 nitrogen and oxygen atoms in total. The molecule has 1 saturated carbocycles. The maximum atomic E-state index is 13.3. The number of likely N-dealkylation sites (tertiary alicyclic amines) is 1. The second-order valence-electron chi connectivity index (χ2n) is 10.2. The van der Waals surface area contributed by atoms with Crippen LogP contribution in [0.25, 0.3) is 0 Å². The van der Waals surface area contributed by atoms with E-state index in [1.807, 2.05) is 30.3 Å². The predicted molar refractivity (Wildman–Crippen MR) is 131 cm³/mol. The highest BCUT2D eigenvalue weighted by atomic mass is 16.5. The normalized spacial score (nSPS) is 18.9. The Morgan fingerprint density at radius 2 is 1.71 bits per heavy atom. The van der Waals surface area contributed by atoms with Crippen LogP contribution in [0.3, 0.4) is 0 Å². The van der Waals surface area contributed by atoms with Gasteiger partial charge in [0.2, 0.25) is 17.7 Å². The third kappa shape index (κ3) is 7.81. The number of carbonyl (C=O) groups excluding carboxylic acids is 3. The van der Waals surface area contributed by atoms with Gasteiger partial charge in [-0.05, 0) is 45.1 Å². The molecule has 2 aliphatic rings. The highest BCUT2D eigenvalue weighted by molar-refractivity contribution is 5.91. The van der Waals surface area contributed by atoms with Crippen LogP contribution in [0.2, 0.25) is 0 Å². The first-order valence-corrected chi connectivity index (χ1v) is 12.5. The van der Waals surface area contributed by atoms with Crippen molar-refractivity contribution in [2.45, 2.75) is 83.0 Å². The van der Waals surface area contributed by atoms with Gasteiger partial charge in [0, 0.05) is 25.0 Å². The Morgan fingerprint density at radius 3 is 2.32 bits per heavy atom. The lowest BCUT2D eigenvalue weighted by atomic mass is 9.92. The van der Waals surface area contributed by atoms with E-state index >= 15 is 0 Å². The minimum atomic E-state index is -1.11. The first-order chi connectivity index (χ1) is 16.2. The second-order valence-corrected chi connectivity index (χ2v) is 10.2. The fraction of sp³-hybridized carbons (Fsp3) is 0.654. The van der Waals surface area contributed by atoms with E-state index in [9.17, 15) is 14.4 Å². The minimum Gasteiger partial charge on any atom is -0.374 e. The molecule has 0 aromatic heterocycles. The summed E-state index contributed by atoms with van der Waals surface area (Å²) in [6.07, 6.45) is 6.97. The molecule has 3 rings (SSSR count). The van der Waals surface area contributed by atoms with Crippen molar-refractivity contribution in [2.75, 3.05) is 19.7 Å². The van der Waals surface area contributed by atoms with Crippen LogP contribution < -0.4 is 16.4 Å². The molecule has 3 amide bonds. The lowest BCUT2D eigenvalue weighted by Crippen LogP contribution is -2.58. The Labute approximate surface area is 203 Å². The molecule has 0 unspecified atom stereocenters. The third-order valence-electron chi connectivity index (χ3n) is 6.71. The van der Waals surface area contributed by atoms with E-state index in [-0.39, 0.29) is 24.3 Å². The van der Waals surface area contributed by atoms with Crippen molar-refractivity contribution in [1.29, 1.82) is 0 Å². The topological polar surface area (TPSA) is 114 Å². The molecule has 1 aromatic carbocycles. The minimum absolute atomic E-state index is 0.0532. The molecule has 1 aliphatic heterocycles. The van der Waals surface area contributed by atoms with Crippen molar-refractivity contribution in [1.82, 2.24) is 15.5 Å². The van der Waals surface area contributed by atoms with Gasteiger partial charge < -0.3 is 26.0 Å². The van der Waals surface area contributed by atoms with Gasteiger partial charge >= 0.3 is 0 Å². The molecule has 8 heteroatoms. The molecule has 0 radical (unpaired) electrons. The fourth-order valence-corrected chi connectivity index (χ4v) is 4.54. The Balaban J connectivity index is 1.53. The van der Waals surface area contributed by atoms with Crippen LogP contribution in [0.1, 0.15) is 64.4 Å². The highest BCUT2D eigenvalue weighted by Crippen LogP contribution is 2.22. The molecule has 34 heavy (non-hydrogen) atoms. The van der Waals surface area contributed by atoms with Crippen molar-refractivity contribution in [2.24, 2.45) is 11.7 Å². The number of nitrogens with zero attached hydrogens (tertiary/aromatic N) is 1. The quantitative estimate of drug-likeness (QED) is 0.509. The molecule has 1 aromatic rings. The zero-order valence-electron chi connectivity index (χ0n) is 20.6. The molecular formula is C26H40N4O4. The van der Waals surface area contributed by atoms with E-state index in [2.05, 4.69) is 10.6 Å². The number of rotatable bonds is 9. The fourth-order valence-electron chi connectivity index (χ4n) is 4.54. The number of ether oxygens (including phenoxy) is 1. The van der Waals surface area contributed by atoms with E-state index in [0.717, 1.165) is 18.4 Å². The number of piperidine rings is 1. The molecule has 0 spiro atoms. The standard InChI is InChI=1S/C26H40N4O4/c1-26(2,27)25(33)29-22(18-34-17-19-9-5-3-6-10-19)24(32)30-15-13-20(14-16-30)23(31)28-21-11-7-4-8-12-21/h3,5-6,9-10,20-22H,4,7-8,11-18,27H2,1-2H3,(H,28,31)(H,29,33)/t22-/m1/s1. The molecule has 4 N–H and O–H groups in total. The number of carbonyl (C=O) groups is 3. The van der Waals surface area contributed by atoms with Crippen molar-refractivity contribution < 1.29 is 19.1 Å². The lowest BCUT2D eigenvalue weighted by molar-refractivity contribution is -0.141. The zero-order chi connectivity index (χ0) is 24.6. The molecule has 1 atom stereocenters. The van der Waals surface area contributed by atoms with E-state index < -0.39 is 17.5 Å². The molecular weight excluding hydrogens is 432 g/mol. The maximum absolute atomic E-state index is 13.3. The van der Waals surface area contributed by atoms with Crippen LogP contribution in [-0.2, 0) is 25.7 Å². The van der Waals surface area contributed by atoms with E-state index in [1.165, 1.54) is 19.3 Å². The van der Waals surface area contributed by atoms with Gasteiger partial charge in [0.25, 0.3) is 0 Å². The summed E-state index contributed by atoms with van der Waals surface area (Å²) in [6.45, 7) is 4.57. The monoisotopic (exact) mass is 472 g/mol. The summed E-state index contributed by atoms with van der Waals surface area (Å²) >= 11 is 0. The summed E-state index contributed by atoms with van der Waals surface area (Å²) in [6, 6.07) is 9.14. The third-order valence-corrected chi connectivity index (χ3v) is 6.71. The largest absolute Gasteiger partial charge is 0.374 e. The van der Waals surface area contributed by atoms with E-state index in [1.54, 1.807) is 18.7 Å². The number of nitrogens with one attached hydrogen (secondary N) is 2. The van der Waals surface area contributed by atoms with Crippen LogP contribution in [0.4, 0.5) is 0 Å². The van der Waals surface area contributed by atoms with Crippen molar-refractivity contribution in [3.05, 3.63) is 35.9 Å². The number of hydrogen-bond acceptors (Lipinski definition) is 5. The summed E-state index contributed by atoms with van der Waals surface area (Å²) in [5, 5.41) is 5.98. The van der Waals surface area contributed by atoms with Gasteiger partial charge in [-0.25, -0.2) is 0 Å². The van der Waals surface area contributed by atoms with Crippen LogP contribution in [0.5, 0.6) is 0 Å². The van der Waals surface area contributed by atoms with Gasteiger partial charge in [-0.3, -0.25) is 14.4 Å². The van der Waals surface area contributed by atoms with Gasteiger partial charge in [0.1, 0.15) is 6.04 Å². The van der Waals surface area contributed by atoms with Gasteiger partial charge in [-0.2, -0.15) is 0 Å². The van der Waals surface area contributed by atoms with Crippen molar-refractivity contribution >= 4 is 17.7 Å². The first-order valence-electron chi connectivity index (χ1n) is 12.5. The summed E-state index contributed by atoms with van der Waals surface area (Å²) in [4.78, 5) is 40.2. The highest BCUT2D eigenvalue weighted by Gasteiger charge is 2.34. The molecule has 0 bridgehead atoms. The van der Waals surface area contributed by atoms with Crippen LogP contribution in [-0.4, -0.2) is 59.9 Å². The van der Waals surface area contributed by atoms with E-state index in [4.69, 9.17) is 10.5 Å². The molecule has 2 fully saturated rings. The SMILES string of the molecule is CC(C)(N)C(=O)N[C@H](COCc1ccccc1)C(=O)N1CCC(C(=O)NC2CCCCC2)CC1. The molecule has 1 aliphatic carbocycles. The number of nitrogens with two attached hydrogens (primary N) is 1. The lowest BCUT2D eigenvalue weighted by Gasteiger charge is -2.35. The summed E-state index contributed by atoms with van der Waals surface area (Å²) in [5.74, 6) is -0.566. The van der Waals surface area contributed by atoms with Gasteiger partial charge in [0.15, 0.2) is 0 Å². The van der Waals surface area contributed by atoms with E-state index in [0.29, 0.717) is 38.6 Å². The summed E-state index contributed by atoms with van der Waals surface area (Å²) in [5.41, 5.74) is 5.81. The molecule has 1 saturated heterocycles. The molecule has 188 valence electrons. The van der Waals surface area contributed by atoms with Crippen molar-refractivity contribution in [3.8, 4) is 0 Å². The average Bonchev–Trinajstić information content (AvgIpc) is 2.83. The number of benzene rings is 1. The van der Waals surface area contributed by atoms with Crippen LogP contribution >= 0.6 is 0 Å². The van der Waals surface area contributed by atoms with Crippen molar-refractivity contribution in [3.63, 3.8) is 0 Å². The smallest absolute Gasteiger partial charge is 0.247 e. The number of hydrogen-bond donors (Lipinski definition) is 3. The average molecular weight is 473 g/mol. The summed E-state index contributed by atoms with van der Waals surface area (Å²) in [7, 11) is 0. The predicted octanol–water partition coefficient (Wildman–Crippen LogP) is 2.11. The number of amides is 3. The molecule has 1 heterocycles.